The predicted octanol–water partition coefficient (Wildman–Crippen LogP) is 3.17. The molecule has 0 bridgehead atoms. The van der Waals surface area contributed by atoms with Crippen molar-refractivity contribution in [1.29, 1.82) is 0 Å². The van der Waals surface area contributed by atoms with Crippen LogP contribution in [0.15, 0.2) is 36.5 Å². The van der Waals surface area contributed by atoms with E-state index >= 15 is 0 Å². The first-order valence-corrected chi connectivity index (χ1v) is 4.68. The molecular weight excluding hydrogens is 170 g/mol. The molecule has 0 aliphatic rings. The first-order valence-electron chi connectivity index (χ1n) is 4.68. The molecule has 0 amide bonds. The van der Waals surface area contributed by atoms with Crippen LogP contribution in [-0.2, 0) is 0 Å². The van der Waals surface area contributed by atoms with E-state index in [1.54, 1.807) is 6.20 Å². The van der Waals surface area contributed by atoms with Gasteiger partial charge in [-0.05, 0) is 43.2 Å². The summed E-state index contributed by atoms with van der Waals surface area (Å²) in [6.45, 7) is 4.24. The summed E-state index contributed by atoms with van der Waals surface area (Å²) in [5.41, 5.74) is 4.78. The molecule has 2 aromatic rings. The molecule has 2 rings (SSSR count). The molecule has 0 fully saturated rings. The van der Waals surface area contributed by atoms with E-state index in [2.05, 4.69) is 43.1 Å². The fraction of sp³-hybridized carbons (Fsp3) is 0.154. The summed E-state index contributed by atoms with van der Waals surface area (Å²) in [5.74, 6) is 0. The molecule has 0 aliphatic heterocycles. The minimum Gasteiger partial charge on any atom is -0.256 e. The number of aryl methyl sites for hydroxylation is 1. The zero-order chi connectivity index (χ0) is 9.97. The topological polar surface area (TPSA) is 12.9 Å². The molecule has 1 aromatic carbocycles. The lowest BCUT2D eigenvalue weighted by atomic mass is 10.0. The van der Waals surface area contributed by atoms with Crippen molar-refractivity contribution in [3.8, 4) is 11.3 Å². The Labute approximate surface area is 84.4 Å². The van der Waals surface area contributed by atoms with Gasteiger partial charge in [-0.2, -0.15) is 0 Å². The molecule has 1 heteroatoms. The molecule has 1 heterocycles. The van der Waals surface area contributed by atoms with Gasteiger partial charge in [-0.3, -0.25) is 4.98 Å². The Hall–Kier alpha value is -1.63. The lowest BCUT2D eigenvalue weighted by Crippen LogP contribution is -1.88. The van der Waals surface area contributed by atoms with Crippen LogP contribution in [0.25, 0.3) is 11.3 Å². The Bertz CT molecular complexity index is 432. The lowest BCUT2D eigenvalue weighted by molar-refractivity contribution is 1.28. The maximum atomic E-state index is 4.32. The number of nitrogens with zero attached hydrogens (tertiary/aromatic N) is 1. The lowest BCUT2D eigenvalue weighted by Gasteiger charge is -2.06. The third-order valence-corrected chi connectivity index (χ3v) is 2.49. The molecule has 0 unspecified atom stereocenters. The Balaban J connectivity index is 2.58. The summed E-state index contributed by atoms with van der Waals surface area (Å²) < 4.78 is 0. The van der Waals surface area contributed by atoms with E-state index in [4.69, 9.17) is 0 Å². The molecule has 0 spiro atoms. The maximum absolute atomic E-state index is 4.32. The Morgan fingerprint density at radius 2 is 2.07 bits per heavy atom. The van der Waals surface area contributed by atoms with Crippen molar-refractivity contribution in [1.82, 2.24) is 4.98 Å². The highest BCUT2D eigenvalue weighted by Gasteiger charge is 2.03. The van der Waals surface area contributed by atoms with Gasteiger partial charge in [0.05, 0.1) is 5.69 Å². The Morgan fingerprint density at radius 1 is 1.21 bits per heavy atom. The van der Waals surface area contributed by atoms with Crippen LogP contribution in [0.1, 0.15) is 11.1 Å². The summed E-state index contributed by atoms with van der Waals surface area (Å²) >= 11 is 0. The number of benzene rings is 1. The summed E-state index contributed by atoms with van der Waals surface area (Å²) in [7, 11) is 0. The van der Waals surface area contributed by atoms with Crippen molar-refractivity contribution >= 4 is 0 Å². The van der Waals surface area contributed by atoms with Crippen LogP contribution < -0.4 is 0 Å². The van der Waals surface area contributed by atoms with Gasteiger partial charge in [0.1, 0.15) is 0 Å². The molecule has 1 nitrogen and oxygen atoms in total. The largest absolute Gasteiger partial charge is 0.256 e. The number of pyridine rings is 1. The molecule has 0 saturated heterocycles. The highest BCUT2D eigenvalue weighted by atomic mass is 14.7. The van der Waals surface area contributed by atoms with Crippen LogP contribution in [0.4, 0.5) is 0 Å². The normalized spacial score (nSPS) is 10.1. The SMILES string of the molecule is Cc1cccc(-c2c[c]ccn2)c1C. The molecule has 1 aromatic heterocycles. The Kier molecular flexibility index (Phi) is 2.32. The molecule has 1 radical (unpaired) electrons. The van der Waals surface area contributed by atoms with Gasteiger partial charge in [0.15, 0.2) is 0 Å². The molecule has 0 saturated carbocycles. The van der Waals surface area contributed by atoms with Crippen LogP contribution in [0.3, 0.4) is 0 Å². The van der Waals surface area contributed by atoms with Crippen LogP contribution in [-0.4, -0.2) is 4.98 Å². The second kappa shape index (κ2) is 3.62. The number of hydrogen-bond acceptors (Lipinski definition) is 1. The van der Waals surface area contributed by atoms with Crippen LogP contribution >= 0.6 is 0 Å². The average molecular weight is 182 g/mol. The van der Waals surface area contributed by atoms with Crippen molar-refractivity contribution in [2.45, 2.75) is 13.8 Å². The fourth-order valence-corrected chi connectivity index (χ4v) is 1.50. The Morgan fingerprint density at radius 3 is 2.79 bits per heavy atom. The van der Waals surface area contributed by atoms with Gasteiger partial charge < -0.3 is 0 Å². The minimum atomic E-state index is 0.994. The van der Waals surface area contributed by atoms with Gasteiger partial charge in [0.25, 0.3) is 0 Å². The molecular formula is C13H12N. The van der Waals surface area contributed by atoms with Crippen molar-refractivity contribution in [2.75, 3.05) is 0 Å². The summed E-state index contributed by atoms with van der Waals surface area (Å²) in [6.07, 6.45) is 1.77. The second-order valence-electron chi connectivity index (χ2n) is 3.39. The maximum Gasteiger partial charge on any atom is 0.0710 e. The van der Waals surface area contributed by atoms with Gasteiger partial charge >= 0.3 is 0 Å². The highest BCUT2D eigenvalue weighted by molar-refractivity contribution is 5.64. The van der Waals surface area contributed by atoms with E-state index in [1.807, 2.05) is 12.1 Å². The van der Waals surface area contributed by atoms with Gasteiger partial charge in [0.2, 0.25) is 0 Å². The van der Waals surface area contributed by atoms with Gasteiger partial charge in [-0.1, -0.05) is 18.2 Å². The van der Waals surface area contributed by atoms with Gasteiger partial charge in [-0.25, -0.2) is 0 Å². The van der Waals surface area contributed by atoms with Crippen LogP contribution in [0.2, 0.25) is 0 Å². The van der Waals surface area contributed by atoms with Crippen molar-refractivity contribution < 1.29 is 0 Å². The van der Waals surface area contributed by atoms with Crippen molar-refractivity contribution in [2.24, 2.45) is 0 Å². The molecule has 0 N–H and O–H groups in total. The van der Waals surface area contributed by atoms with Crippen molar-refractivity contribution in [3.63, 3.8) is 0 Å². The monoisotopic (exact) mass is 182 g/mol. The fourth-order valence-electron chi connectivity index (χ4n) is 1.50. The van der Waals surface area contributed by atoms with Crippen molar-refractivity contribution in [3.05, 3.63) is 53.7 Å². The average Bonchev–Trinajstić information content (AvgIpc) is 2.23. The zero-order valence-corrected chi connectivity index (χ0v) is 8.41. The third-order valence-electron chi connectivity index (χ3n) is 2.49. The highest BCUT2D eigenvalue weighted by Crippen LogP contribution is 2.22. The molecule has 14 heavy (non-hydrogen) atoms. The first kappa shape index (κ1) is 8.95. The number of hydrogen-bond donors (Lipinski definition) is 0. The van der Waals surface area contributed by atoms with E-state index in [1.165, 1.54) is 16.7 Å². The van der Waals surface area contributed by atoms with E-state index in [-0.39, 0.29) is 0 Å². The van der Waals surface area contributed by atoms with E-state index in [0.29, 0.717) is 0 Å². The zero-order valence-electron chi connectivity index (χ0n) is 8.41. The first-order chi connectivity index (χ1) is 6.79. The van der Waals surface area contributed by atoms with E-state index < -0.39 is 0 Å². The second-order valence-corrected chi connectivity index (χ2v) is 3.39. The minimum absolute atomic E-state index is 0.994. The quantitative estimate of drug-likeness (QED) is 0.660. The smallest absolute Gasteiger partial charge is 0.0710 e. The number of aromatic nitrogens is 1. The predicted molar refractivity (Wildman–Crippen MR) is 58.0 cm³/mol. The van der Waals surface area contributed by atoms with E-state index in [0.717, 1.165) is 5.69 Å². The van der Waals surface area contributed by atoms with E-state index in [9.17, 15) is 0 Å². The summed E-state index contributed by atoms with van der Waals surface area (Å²) in [4.78, 5) is 4.32. The molecule has 0 atom stereocenters. The van der Waals surface area contributed by atoms with Gasteiger partial charge in [0, 0.05) is 11.8 Å². The third kappa shape index (κ3) is 1.53. The summed E-state index contributed by atoms with van der Waals surface area (Å²) in [6, 6.07) is 13.1. The summed E-state index contributed by atoms with van der Waals surface area (Å²) in [5, 5.41) is 0. The molecule has 0 aliphatic carbocycles. The number of rotatable bonds is 1. The van der Waals surface area contributed by atoms with Crippen LogP contribution in [0.5, 0.6) is 0 Å². The molecule has 69 valence electrons. The standard InChI is InChI=1S/C13H12N/c1-10-6-5-7-12(11(10)2)13-8-3-4-9-14-13/h4-9H,1-2H3. The van der Waals surface area contributed by atoms with Crippen LogP contribution in [0, 0.1) is 19.9 Å². The van der Waals surface area contributed by atoms with Gasteiger partial charge in [-0.15, -0.1) is 0 Å².